The van der Waals surface area contributed by atoms with Gasteiger partial charge in [-0.1, -0.05) is 87.9 Å². The van der Waals surface area contributed by atoms with Gasteiger partial charge in [-0.15, -0.1) is 0 Å². The number of nitrogens with two attached hydrogens (primary N) is 1. The molecule has 0 spiro atoms. The van der Waals surface area contributed by atoms with Crippen molar-refractivity contribution in [1.82, 2.24) is 5.32 Å². The third kappa shape index (κ3) is 6.66. The topological polar surface area (TPSA) is 38.0 Å². The minimum atomic E-state index is 0.399. The molecule has 3 N–H and O–H groups in total. The van der Waals surface area contributed by atoms with Gasteiger partial charge in [0.05, 0.1) is 0 Å². The first kappa shape index (κ1) is 19.7. The third-order valence-electron chi connectivity index (χ3n) is 4.96. The van der Waals surface area contributed by atoms with E-state index in [1.165, 1.54) is 61.3 Å². The van der Waals surface area contributed by atoms with Crippen LogP contribution in [0.3, 0.4) is 0 Å². The first-order valence-corrected chi connectivity index (χ1v) is 10.1. The van der Waals surface area contributed by atoms with Crippen LogP contribution in [-0.2, 0) is 0 Å². The lowest BCUT2D eigenvalue weighted by atomic mass is 9.87. The summed E-state index contributed by atoms with van der Waals surface area (Å²) in [7, 11) is 0. The van der Waals surface area contributed by atoms with Crippen molar-refractivity contribution in [2.45, 2.75) is 64.2 Å². The SMILES string of the molecule is CCCCCCCCC(CCNC(N)=S)c1cccc2ccccc12. The molecule has 1 unspecified atom stereocenters. The zero-order chi connectivity index (χ0) is 17.9. The highest BCUT2D eigenvalue weighted by Crippen LogP contribution is 2.31. The van der Waals surface area contributed by atoms with Gasteiger partial charge in [-0.05, 0) is 47.3 Å². The van der Waals surface area contributed by atoms with Crippen molar-refractivity contribution in [3.63, 3.8) is 0 Å². The van der Waals surface area contributed by atoms with E-state index in [4.69, 9.17) is 18.0 Å². The van der Waals surface area contributed by atoms with Crippen molar-refractivity contribution in [1.29, 1.82) is 0 Å². The first-order valence-electron chi connectivity index (χ1n) is 9.73. The average Bonchev–Trinajstić information content (AvgIpc) is 2.62. The molecule has 0 amide bonds. The maximum Gasteiger partial charge on any atom is 0.163 e. The molecule has 3 heteroatoms. The van der Waals surface area contributed by atoms with Crippen LogP contribution < -0.4 is 11.1 Å². The lowest BCUT2D eigenvalue weighted by molar-refractivity contribution is 0.516. The van der Waals surface area contributed by atoms with Crippen molar-refractivity contribution >= 4 is 28.1 Å². The molecule has 2 aromatic carbocycles. The number of hydrogen-bond acceptors (Lipinski definition) is 1. The summed E-state index contributed by atoms with van der Waals surface area (Å²) < 4.78 is 0. The second kappa shape index (κ2) is 11.1. The van der Waals surface area contributed by atoms with Crippen LogP contribution in [0.1, 0.15) is 69.8 Å². The van der Waals surface area contributed by atoms with Crippen LogP contribution in [0.2, 0.25) is 0 Å². The van der Waals surface area contributed by atoms with E-state index in [0.717, 1.165) is 13.0 Å². The third-order valence-corrected chi connectivity index (χ3v) is 5.11. The first-order chi connectivity index (χ1) is 12.2. The van der Waals surface area contributed by atoms with Crippen LogP contribution in [0.25, 0.3) is 10.8 Å². The van der Waals surface area contributed by atoms with Crippen LogP contribution in [0.15, 0.2) is 42.5 Å². The van der Waals surface area contributed by atoms with Crippen LogP contribution in [-0.4, -0.2) is 11.7 Å². The molecule has 0 saturated carbocycles. The Morgan fingerprint density at radius 1 is 0.960 bits per heavy atom. The van der Waals surface area contributed by atoms with E-state index in [1.54, 1.807) is 0 Å². The summed E-state index contributed by atoms with van der Waals surface area (Å²) in [5, 5.41) is 6.24. The molecule has 0 heterocycles. The van der Waals surface area contributed by atoms with Gasteiger partial charge in [0.2, 0.25) is 0 Å². The van der Waals surface area contributed by atoms with Gasteiger partial charge in [0.25, 0.3) is 0 Å². The number of unbranched alkanes of at least 4 members (excludes halogenated alkanes) is 5. The van der Waals surface area contributed by atoms with Crippen LogP contribution in [0.4, 0.5) is 0 Å². The number of nitrogens with one attached hydrogen (secondary N) is 1. The number of hydrogen-bond donors (Lipinski definition) is 2. The second-order valence-electron chi connectivity index (χ2n) is 6.90. The Hall–Kier alpha value is -1.61. The van der Waals surface area contributed by atoms with E-state index in [2.05, 4.69) is 54.7 Å². The molecule has 25 heavy (non-hydrogen) atoms. The summed E-state index contributed by atoms with van der Waals surface area (Å²) >= 11 is 4.95. The fraction of sp³-hybridized carbons (Fsp3) is 0.500. The largest absolute Gasteiger partial charge is 0.376 e. The van der Waals surface area contributed by atoms with Gasteiger partial charge in [0.1, 0.15) is 0 Å². The van der Waals surface area contributed by atoms with E-state index in [1.807, 2.05) is 0 Å². The Morgan fingerprint density at radius 3 is 2.48 bits per heavy atom. The molecule has 0 aliphatic rings. The zero-order valence-electron chi connectivity index (χ0n) is 15.5. The molecule has 0 aromatic heterocycles. The van der Waals surface area contributed by atoms with Crippen molar-refractivity contribution in [3.05, 3.63) is 48.0 Å². The average molecular weight is 357 g/mol. The monoisotopic (exact) mass is 356 g/mol. The van der Waals surface area contributed by atoms with Gasteiger partial charge < -0.3 is 11.1 Å². The van der Waals surface area contributed by atoms with E-state index in [0.29, 0.717) is 11.0 Å². The van der Waals surface area contributed by atoms with Gasteiger partial charge in [-0.3, -0.25) is 0 Å². The molecule has 1 atom stereocenters. The highest BCUT2D eigenvalue weighted by atomic mass is 32.1. The van der Waals surface area contributed by atoms with E-state index in [9.17, 15) is 0 Å². The molecule has 2 nitrogen and oxygen atoms in total. The van der Waals surface area contributed by atoms with Crippen LogP contribution >= 0.6 is 12.2 Å². The maximum atomic E-state index is 5.60. The smallest absolute Gasteiger partial charge is 0.163 e. The predicted molar refractivity (Wildman–Crippen MR) is 114 cm³/mol. The summed E-state index contributed by atoms with van der Waals surface area (Å²) in [4.78, 5) is 0. The Labute approximate surface area is 158 Å². The normalized spacial score (nSPS) is 12.2. The molecule has 136 valence electrons. The fourth-order valence-corrected chi connectivity index (χ4v) is 3.70. The minimum absolute atomic E-state index is 0.399. The number of fused-ring (bicyclic) bond motifs is 1. The Kier molecular flexibility index (Phi) is 8.75. The number of rotatable bonds is 11. The zero-order valence-corrected chi connectivity index (χ0v) is 16.3. The number of benzene rings is 2. The summed E-state index contributed by atoms with van der Waals surface area (Å²) in [6.07, 6.45) is 10.3. The van der Waals surface area contributed by atoms with Gasteiger partial charge in [0, 0.05) is 6.54 Å². The van der Waals surface area contributed by atoms with Crippen molar-refractivity contribution in [2.75, 3.05) is 6.54 Å². The Balaban J connectivity index is 2.03. The molecular weight excluding hydrogens is 324 g/mol. The minimum Gasteiger partial charge on any atom is -0.376 e. The fourth-order valence-electron chi connectivity index (χ4n) is 3.60. The molecule has 0 bridgehead atoms. The predicted octanol–water partition coefficient (Wildman–Crippen LogP) is 5.90. The molecule has 2 aromatic rings. The molecule has 2 rings (SSSR count). The van der Waals surface area contributed by atoms with E-state index < -0.39 is 0 Å². The Morgan fingerprint density at radius 2 is 1.68 bits per heavy atom. The lowest BCUT2D eigenvalue weighted by Crippen LogP contribution is -2.30. The number of thiocarbonyl (C=S) groups is 1. The van der Waals surface area contributed by atoms with Gasteiger partial charge in [-0.25, -0.2) is 0 Å². The van der Waals surface area contributed by atoms with Crippen molar-refractivity contribution in [3.8, 4) is 0 Å². The maximum absolute atomic E-state index is 5.60. The molecule has 0 fully saturated rings. The Bertz CT molecular complexity index is 648. The summed E-state index contributed by atoms with van der Waals surface area (Å²) in [5.74, 6) is 0.555. The van der Waals surface area contributed by atoms with Gasteiger partial charge >= 0.3 is 0 Å². The lowest BCUT2D eigenvalue weighted by Gasteiger charge is -2.20. The van der Waals surface area contributed by atoms with Crippen LogP contribution in [0.5, 0.6) is 0 Å². The highest BCUT2D eigenvalue weighted by Gasteiger charge is 2.14. The molecule has 0 radical (unpaired) electrons. The molecule has 0 saturated heterocycles. The standard InChI is InChI=1S/C22H32N2S/c1-2-3-4-5-6-7-11-19(16-17-24-22(23)25)21-15-10-13-18-12-8-9-14-20(18)21/h8-10,12-15,19H,2-7,11,16-17H2,1H3,(H3,23,24,25). The second-order valence-corrected chi connectivity index (χ2v) is 7.34. The summed E-state index contributed by atoms with van der Waals surface area (Å²) in [5.41, 5.74) is 7.07. The molecular formula is C22H32N2S. The molecule has 0 aliphatic heterocycles. The van der Waals surface area contributed by atoms with Gasteiger partial charge in [-0.2, -0.15) is 0 Å². The van der Waals surface area contributed by atoms with E-state index >= 15 is 0 Å². The summed E-state index contributed by atoms with van der Waals surface area (Å²) in [6, 6.07) is 15.4. The quantitative estimate of drug-likeness (QED) is 0.389. The van der Waals surface area contributed by atoms with Crippen molar-refractivity contribution < 1.29 is 0 Å². The van der Waals surface area contributed by atoms with Crippen LogP contribution in [0, 0.1) is 0 Å². The van der Waals surface area contributed by atoms with E-state index in [-0.39, 0.29) is 0 Å². The van der Waals surface area contributed by atoms with Gasteiger partial charge in [0.15, 0.2) is 5.11 Å². The summed E-state index contributed by atoms with van der Waals surface area (Å²) in [6.45, 7) is 3.12. The highest BCUT2D eigenvalue weighted by molar-refractivity contribution is 7.80. The van der Waals surface area contributed by atoms with Crippen molar-refractivity contribution in [2.24, 2.45) is 5.73 Å². The molecule has 0 aliphatic carbocycles.